The number of hydrogen-bond acceptors (Lipinski definition) is 6. The Morgan fingerprint density at radius 3 is 2.45 bits per heavy atom. The molecular weight excluding hydrogens is 438 g/mol. The fourth-order valence-corrected chi connectivity index (χ4v) is 4.33. The molecule has 8 nitrogen and oxygen atoms in total. The van der Waals surface area contributed by atoms with Crippen LogP contribution in [-0.4, -0.2) is 40.7 Å². The number of nitrogens with one attached hydrogen (secondary N) is 2. The smallest absolute Gasteiger partial charge is 0.322 e. The predicted molar refractivity (Wildman–Crippen MR) is 120 cm³/mol. The average molecular weight is 458 g/mol. The lowest BCUT2D eigenvalue weighted by Gasteiger charge is -2.23. The summed E-state index contributed by atoms with van der Waals surface area (Å²) in [5.41, 5.74) is 1.30. The molecule has 2 N–H and O–H groups in total. The van der Waals surface area contributed by atoms with E-state index in [4.69, 9.17) is 16.3 Å². The number of rotatable bonds is 5. The molecule has 1 fully saturated rings. The van der Waals surface area contributed by atoms with Gasteiger partial charge < -0.3 is 20.3 Å². The van der Waals surface area contributed by atoms with Crippen LogP contribution in [0.4, 0.5) is 16.2 Å². The minimum absolute atomic E-state index is 0.213. The van der Waals surface area contributed by atoms with Crippen LogP contribution >= 0.6 is 22.9 Å². The van der Waals surface area contributed by atoms with Crippen LogP contribution in [0, 0.1) is 0 Å². The molecular formula is C21H20ClN5O3S. The maximum atomic E-state index is 12.8. The number of urea groups is 1. The molecule has 1 saturated heterocycles. The molecule has 1 atom stereocenters. The molecule has 0 saturated carbocycles. The standard InChI is InChI=1S/C21H20ClN5O3S/c1-30-16-10-8-15(9-11-16)24-21(29)27-12-2-3-17(27)19-25-26-20(31-19)18(28)23-14-6-4-13(22)5-7-14/h4-11,17H,2-3,12H2,1H3,(H,23,28)(H,24,29)/t17-/m0/s1. The van der Waals surface area contributed by atoms with E-state index >= 15 is 0 Å². The van der Waals surface area contributed by atoms with Gasteiger partial charge in [0.2, 0.25) is 5.01 Å². The molecule has 0 radical (unpaired) electrons. The van der Waals surface area contributed by atoms with Crippen molar-refractivity contribution in [3.63, 3.8) is 0 Å². The Labute approximate surface area is 188 Å². The molecule has 3 amide bonds. The predicted octanol–water partition coefficient (Wildman–Crippen LogP) is 4.82. The number of aromatic nitrogens is 2. The maximum absolute atomic E-state index is 12.8. The van der Waals surface area contributed by atoms with E-state index in [1.165, 1.54) is 11.3 Å². The number of hydrogen-bond donors (Lipinski definition) is 2. The lowest BCUT2D eigenvalue weighted by molar-refractivity contribution is 0.102. The Hall–Kier alpha value is -3.17. The Balaban J connectivity index is 1.42. The zero-order valence-electron chi connectivity index (χ0n) is 16.7. The molecule has 0 bridgehead atoms. The van der Waals surface area contributed by atoms with Crippen LogP contribution in [0.3, 0.4) is 0 Å². The summed E-state index contributed by atoms with van der Waals surface area (Å²) in [6.07, 6.45) is 1.62. The third-order valence-electron chi connectivity index (χ3n) is 4.88. The fraction of sp³-hybridized carbons (Fsp3) is 0.238. The number of benzene rings is 2. The number of carbonyl (C=O) groups is 2. The van der Waals surface area contributed by atoms with Crippen molar-refractivity contribution in [1.82, 2.24) is 15.1 Å². The quantitative estimate of drug-likeness (QED) is 0.572. The second kappa shape index (κ2) is 9.32. The van der Waals surface area contributed by atoms with Crippen LogP contribution in [0.15, 0.2) is 48.5 Å². The van der Waals surface area contributed by atoms with Gasteiger partial charge in [-0.05, 0) is 61.4 Å². The number of carbonyl (C=O) groups excluding carboxylic acids is 2. The van der Waals surface area contributed by atoms with Gasteiger partial charge in [-0.25, -0.2) is 4.79 Å². The first-order valence-corrected chi connectivity index (χ1v) is 10.8. The zero-order chi connectivity index (χ0) is 21.8. The third-order valence-corrected chi connectivity index (χ3v) is 6.15. The molecule has 0 aliphatic carbocycles. The summed E-state index contributed by atoms with van der Waals surface area (Å²) in [5.74, 6) is 0.369. The number of anilines is 2. The summed E-state index contributed by atoms with van der Waals surface area (Å²) < 4.78 is 5.14. The normalized spacial score (nSPS) is 15.5. The Morgan fingerprint density at radius 1 is 1.06 bits per heavy atom. The Morgan fingerprint density at radius 2 is 1.74 bits per heavy atom. The fourth-order valence-electron chi connectivity index (χ4n) is 3.31. The summed E-state index contributed by atoms with van der Waals surface area (Å²) in [6.45, 7) is 0.610. The first-order chi connectivity index (χ1) is 15.0. The summed E-state index contributed by atoms with van der Waals surface area (Å²) in [6, 6.07) is 13.5. The lowest BCUT2D eigenvalue weighted by Crippen LogP contribution is -2.34. The number of methoxy groups -OCH3 is 1. The van der Waals surface area contributed by atoms with E-state index in [0.29, 0.717) is 27.9 Å². The molecule has 10 heteroatoms. The third kappa shape index (κ3) is 4.95. The highest BCUT2D eigenvalue weighted by atomic mass is 35.5. The van der Waals surface area contributed by atoms with Gasteiger partial charge in [-0.2, -0.15) is 0 Å². The van der Waals surface area contributed by atoms with Crippen molar-refractivity contribution in [3.05, 3.63) is 63.6 Å². The number of halogens is 1. The van der Waals surface area contributed by atoms with Crippen molar-refractivity contribution in [2.24, 2.45) is 0 Å². The highest BCUT2D eigenvalue weighted by Gasteiger charge is 2.33. The van der Waals surface area contributed by atoms with Gasteiger partial charge in [0.25, 0.3) is 5.91 Å². The summed E-state index contributed by atoms with van der Waals surface area (Å²) in [4.78, 5) is 27.0. The van der Waals surface area contributed by atoms with Crippen LogP contribution in [-0.2, 0) is 0 Å². The molecule has 1 aliphatic heterocycles. The van der Waals surface area contributed by atoms with Crippen molar-refractivity contribution in [2.75, 3.05) is 24.3 Å². The van der Waals surface area contributed by atoms with Crippen molar-refractivity contribution < 1.29 is 14.3 Å². The summed E-state index contributed by atoms with van der Waals surface area (Å²) >= 11 is 7.06. The second-order valence-electron chi connectivity index (χ2n) is 6.92. The number of nitrogens with zero attached hydrogens (tertiary/aromatic N) is 3. The van der Waals surface area contributed by atoms with Crippen LogP contribution in [0.5, 0.6) is 5.75 Å². The van der Waals surface area contributed by atoms with Gasteiger partial charge in [0.05, 0.1) is 13.2 Å². The largest absolute Gasteiger partial charge is 0.497 e. The maximum Gasteiger partial charge on any atom is 0.322 e. The summed E-state index contributed by atoms with van der Waals surface area (Å²) in [7, 11) is 1.59. The van der Waals surface area contributed by atoms with E-state index in [0.717, 1.165) is 18.6 Å². The van der Waals surface area contributed by atoms with E-state index in [-0.39, 0.29) is 23.0 Å². The van der Waals surface area contributed by atoms with Gasteiger partial charge in [-0.15, -0.1) is 10.2 Å². The Bertz CT molecular complexity index is 1070. The molecule has 160 valence electrons. The molecule has 1 aromatic heterocycles. The molecule has 3 aromatic rings. The topological polar surface area (TPSA) is 96.4 Å². The van der Waals surface area contributed by atoms with Gasteiger partial charge in [-0.3, -0.25) is 4.79 Å². The van der Waals surface area contributed by atoms with Crippen molar-refractivity contribution in [1.29, 1.82) is 0 Å². The number of amides is 3. The molecule has 0 unspecified atom stereocenters. The van der Waals surface area contributed by atoms with Gasteiger partial charge >= 0.3 is 6.03 Å². The van der Waals surface area contributed by atoms with E-state index < -0.39 is 0 Å². The van der Waals surface area contributed by atoms with E-state index in [1.54, 1.807) is 60.5 Å². The minimum atomic E-state index is -0.349. The Kier molecular flexibility index (Phi) is 6.34. The minimum Gasteiger partial charge on any atom is -0.497 e. The van der Waals surface area contributed by atoms with Gasteiger partial charge in [0.15, 0.2) is 0 Å². The second-order valence-corrected chi connectivity index (χ2v) is 8.36. The average Bonchev–Trinajstić information content (AvgIpc) is 3.45. The first-order valence-electron chi connectivity index (χ1n) is 9.65. The van der Waals surface area contributed by atoms with Crippen LogP contribution in [0.25, 0.3) is 0 Å². The highest BCUT2D eigenvalue weighted by Crippen LogP contribution is 2.34. The number of likely N-dealkylation sites (tertiary alicyclic amines) is 1. The monoisotopic (exact) mass is 457 g/mol. The highest BCUT2D eigenvalue weighted by molar-refractivity contribution is 7.13. The number of ether oxygens (including phenoxy) is 1. The molecule has 31 heavy (non-hydrogen) atoms. The zero-order valence-corrected chi connectivity index (χ0v) is 18.2. The molecule has 0 spiro atoms. The molecule has 2 heterocycles. The van der Waals surface area contributed by atoms with E-state index in [9.17, 15) is 9.59 Å². The van der Waals surface area contributed by atoms with Crippen LogP contribution in [0.2, 0.25) is 5.02 Å². The SMILES string of the molecule is COc1ccc(NC(=O)N2CCC[C@H]2c2nnc(C(=O)Nc3ccc(Cl)cc3)s2)cc1. The van der Waals surface area contributed by atoms with Gasteiger partial charge in [0, 0.05) is 22.9 Å². The lowest BCUT2D eigenvalue weighted by atomic mass is 10.2. The molecule has 1 aliphatic rings. The summed E-state index contributed by atoms with van der Waals surface area (Å²) in [5, 5.41) is 15.4. The molecule has 4 rings (SSSR count). The van der Waals surface area contributed by atoms with Gasteiger partial charge in [0.1, 0.15) is 10.8 Å². The van der Waals surface area contributed by atoms with Crippen molar-refractivity contribution >= 4 is 46.3 Å². The van der Waals surface area contributed by atoms with Gasteiger partial charge in [-0.1, -0.05) is 22.9 Å². The van der Waals surface area contributed by atoms with Crippen LogP contribution < -0.4 is 15.4 Å². The van der Waals surface area contributed by atoms with Crippen molar-refractivity contribution in [2.45, 2.75) is 18.9 Å². The van der Waals surface area contributed by atoms with E-state index in [2.05, 4.69) is 20.8 Å². The first kappa shape index (κ1) is 21.1. The molecule has 2 aromatic carbocycles. The van der Waals surface area contributed by atoms with E-state index in [1.807, 2.05) is 0 Å². The van der Waals surface area contributed by atoms with Crippen molar-refractivity contribution in [3.8, 4) is 5.75 Å². The van der Waals surface area contributed by atoms with Crippen LogP contribution in [0.1, 0.15) is 33.7 Å².